The first-order chi connectivity index (χ1) is 11.6. The van der Waals surface area contributed by atoms with Crippen LogP contribution in [0.15, 0.2) is 47.2 Å². The standard InChI is InChI=1S/C16H15N5O3/c1-10-7-15(21-24-10)20-16(22)13-8-14(18-9-17-13)19-11-3-5-12(23-2)6-4-11/h3-9H,1-2H3,(H,17,18,19)(H,20,21,22). The van der Waals surface area contributed by atoms with Crippen LogP contribution >= 0.6 is 0 Å². The van der Waals surface area contributed by atoms with Gasteiger partial charge in [0, 0.05) is 17.8 Å². The van der Waals surface area contributed by atoms with Gasteiger partial charge in [0.05, 0.1) is 7.11 Å². The molecule has 122 valence electrons. The van der Waals surface area contributed by atoms with Crippen molar-refractivity contribution in [2.45, 2.75) is 6.92 Å². The fourth-order valence-electron chi connectivity index (χ4n) is 1.98. The lowest BCUT2D eigenvalue weighted by Crippen LogP contribution is -2.14. The Kier molecular flexibility index (Phi) is 4.37. The van der Waals surface area contributed by atoms with Crippen molar-refractivity contribution in [1.82, 2.24) is 15.1 Å². The van der Waals surface area contributed by atoms with Crippen molar-refractivity contribution >= 4 is 23.2 Å². The summed E-state index contributed by atoms with van der Waals surface area (Å²) in [5.41, 5.74) is 1.02. The van der Waals surface area contributed by atoms with Gasteiger partial charge in [0.1, 0.15) is 29.3 Å². The van der Waals surface area contributed by atoms with Crippen molar-refractivity contribution in [2.24, 2.45) is 0 Å². The van der Waals surface area contributed by atoms with Crippen LogP contribution in [0.25, 0.3) is 0 Å². The van der Waals surface area contributed by atoms with E-state index >= 15 is 0 Å². The number of aryl methyl sites for hydroxylation is 1. The van der Waals surface area contributed by atoms with Crippen LogP contribution in [-0.2, 0) is 0 Å². The minimum Gasteiger partial charge on any atom is -0.497 e. The van der Waals surface area contributed by atoms with Gasteiger partial charge in [0.2, 0.25) is 0 Å². The quantitative estimate of drug-likeness (QED) is 0.743. The second kappa shape index (κ2) is 6.78. The molecule has 0 bridgehead atoms. The maximum atomic E-state index is 12.2. The van der Waals surface area contributed by atoms with E-state index < -0.39 is 5.91 Å². The Balaban J connectivity index is 1.72. The molecule has 0 unspecified atom stereocenters. The molecule has 3 aromatic rings. The summed E-state index contributed by atoms with van der Waals surface area (Å²) in [4.78, 5) is 20.3. The first-order valence-electron chi connectivity index (χ1n) is 7.12. The molecular weight excluding hydrogens is 310 g/mol. The molecule has 0 atom stereocenters. The Bertz CT molecular complexity index is 845. The highest BCUT2D eigenvalue weighted by atomic mass is 16.5. The van der Waals surface area contributed by atoms with Gasteiger partial charge in [-0.25, -0.2) is 9.97 Å². The largest absolute Gasteiger partial charge is 0.497 e. The Morgan fingerprint density at radius 2 is 1.92 bits per heavy atom. The number of carbonyl (C=O) groups is 1. The molecule has 0 spiro atoms. The number of carbonyl (C=O) groups excluding carboxylic acids is 1. The lowest BCUT2D eigenvalue weighted by molar-refractivity contribution is 0.102. The Hall–Kier alpha value is -3.42. The van der Waals surface area contributed by atoms with Gasteiger partial charge in [0.15, 0.2) is 5.82 Å². The smallest absolute Gasteiger partial charge is 0.275 e. The van der Waals surface area contributed by atoms with Crippen molar-refractivity contribution in [3.8, 4) is 5.75 Å². The molecule has 1 amide bonds. The highest BCUT2D eigenvalue weighted by molar-refractivity contribution is 6.02. The maximum absolute atomic E-state index is 12.2. The molecule has 1 aromatic carbocycles. The SMILES string of the molecule is COc1ccc(Nc2cc(C(=O)Nc3cc(C)on3)ncn2)cc1. The molecule has 0 aliphatic carbocycles. The van der Waals surface area contributed by atoms with E-state index in [-0.39, 0.29) is 5.69 Å². The monoisotopic (exact) mass is 325 g/mol. The van der Waals surface area contributed by atoms with Crippen molar-refractivity contribution in [1.29, 1.82) is 0 Å². The summed E-state index contributed by atoms with van der Waals surface area (Å²) in [6, 6.07) is 10.5. The molecule has 0 aliphatic heterocycles. The van der Waals surface area contributed by atoms with Crippen LogP contribution in [0.1, 0.15) is 16.2 Å². The van der Waals surface area contributed by atoms with Crippen LogP contribution in [0, 0.1) is 6.92 Å². The van der Waals surface area contributed by atoms with Crippen LogP contribution in [0.5, 0.6) is 5.75 Å². The van der Waals surface area contributed by atoms with Crippen LogP contribution in [0.4, 0.5) is 17.3 Å². The Morgan fingerprint density at radius 3 is 2.58 bits per heavy atom. The third-order valence-electron chi connectivity index (χ3n) is 3.13. The lowest BCUT2D eigenvalue weighted by Gasteiger charge is -2.07. The molecule has 8 heteroatoms. The summed E-state index contributed by atoms with van der Waals surface area (Å²) in [6.07, 6.45) is 1.31. The second-order valence-electron chi connectivity index (χ2n) is 4.92. The lowest BCUT2D eigenvalue weighted by atomic mass is 10.3. The minimum absolute atomic E-state index is 0.210. The number of aromatic nitrogens is 3. The molecule has 24 heavy (non-hydrogen) atoms. The van der Waals surface area contributed by atoms with Gasteiger partial charge in [-0.1, -0.05) is 5.16 Å². The predicted octanol–water partition coefficient (Wildman–Crippen LogP) is 2.78. The number of rotatable bonds is 5. The number of hydrogen-bond donors (Lipinski definition) is 2. The number of amides is 1. The molecule has 2 heterocycles. The predicted molar refractivity (Wildman–Crippen MR) is 87.5 cm³/mol. The van der Waals surface area contributed by atoms with Crippen molar-refractivity contribution in [2.75, 3.05) is 17.7 Å². The van der Waals surface area contributed by atoms with E-state index in [4.69, 9.17) is 9.26 Å². The van der Waals surface area contributed by atoms with E-state index in [0.29, 0.717) is 17.4 Å². The van der Waals surface area contributed by atoms with E-state index in [1.54, 1.807) is 26.2 Å². The zero-order valence-electron chi connectivity index (χ0n) is 13.1. The van der Waals surface area contributed by atoms with Gasteiger partial charge in [0.25, 0.3) is 5.91 Å². The summed E-state index contributed by atoms with van der Waals surface area (Å²) < 4.78 is 10.0. The first kappa shape index (κ1) is 15.5. The first-order valence-corrected chi connectivity index (χ1v) is 7.12. The van der Waals surface area contributed by atoms with Crippen LogP contribution in [0.3, 0.4) is 0 Å². The topological polar surface area (TPSA) is 102 Å². The number of nitrogens with zero attached hydrogens (tertiary/aromatic N) is 3. The molecule has 0 saturated carbocycles. The van der Waals surface area contributed by atoms with Crippen molar-refractivity contribution < 1.29 is 14.1 Å². The average Bonchev–Trinajstić information content (AvgIpc) is 3.00. The molecule has 2 N–H and O–H groups in total. The van der Waals surface area contributed by atoms with Crippen molar-refractivity contribution in [3.05, 3.63) is 54.2 Å². The zero-order valence-corrected chi connectivity index (χ0v) is 13.1. The zero-order chi connectivity index (χ0) is 16.9. The minimum atomic E-state index is -0.400. The van der Waals surface area contributed by atoms with Gasteiger partial charge in [-0.05, 0) is 31.2 Å². The fourth-order valence-corrected chi connectivity index (χ4v) is 1.98. The summed E-state index contributed by atoms with van der Waals surface area (Å²) >= 11 is 0. The summed E-state index contributed by atoms with van der Waals surface area (Å²) in [6.45, 7) is 1.74. The molecule has 0 aliphatic rings. The van der Waals surface area contributed by atoms with E-state index in [1.807, 2.05) is 24.3 Å². The second-order valence-corrected chi connectivity index (χ2v) is 4.92. The van der Waals surface area contributed by atoms with Crippen LogP contribution in [0.2, 0.25) is 0 Å². The fraction of sp³-hybridized carbons (Fsp3) is 0.125. The number of anilines is 3. The van der Waals surface area contributed by atoms with E-state index in [2.05, 4.69) is 25.8 Å². The normalized spacial score (nSPS) is 10.2. The van der Waals surface area contributed by atoms with Gasteiger partial charge < -0.3 is 19.9 Å². The maximum Gasteiger partial charge on any atom is 0.275 e. The van der Waals surface area contributed by atoms with Gasteiger partial charge >= 0.3 is 0 Å². The number of hydrogen-bond acceptors (Lipinski definition) is 7. The molecule has 2 aromatic heterocycles. The summed E-state index contributed by atoms with van der Waals surface area (Å²) in [7, 11) is 1.61. The average molecular weight is 325 g/mol. The van der Waals surface area contributed by atoms with Gasteiger partial charge in [-0.15, -0.1) is 0 Å². The van der Waals surface area contributed by atoms with Gasteiger partial charge in [-0.2, -0.15) is 0 Å². The molecule has 0 radical (unpaired) electrons. The number of nitrogens with one attached hydrogen (secondary N) is 2. The Morgan fingerprint density at radius 1 is 1.12 bits per heavy atom. The highest BCUT2D eigenvalue weighted by Crippen LogP contribution is 2.19. The highest BCUT2D eigenvalue weighted by Gasteiger charge is 2.11. The number of benzene rings is 1. The van der Waals surface area contributed by atoms with E-state index in [9.17, 15) is 4.79 Å². The molecule has 3 rings (SSSR count). The summed E-state index contributed by atoms with van der Waals surface area (Å²) in [5, 5.41) is 9.41. The third-order valence-corrected chi connectivity index (χ3v) is 3.13. The molecular formula is C16H15N5O3. The van der Waals surface area contributed by atoms with Crippen molar-refractivity contribution in [3.63, 3.8) is 0 Å². The molecule has 8 nitrogen and oxygen atoms in total. The number of ether oxygens (including phenoxy) is 1. The van der Waals surface area contributed by atoms with Gasteiger partial charge in [-0.3, -0.25) is 4.79 Å². The van der Waals surface area contributed by atoms with E-state index in [1.165, 1.54) is 6.33 Å². The molecule has 0 saturated heterocycles. The van der Waals surface area contributed by atoms with E-state index in [0.717, 1.165) is 11.4 Å². The summed E-state index contributed by atoms with van der Waals surface area (Å²) in [5.74, 6) is 1.79. The Labute approximate surface area is 137 Å². The number of methoxy groups -OCH3 is 1. The van der Waals surface area contributed by atoms with Crippen LogP contribution < -0.4 is 15.4 Å². The van der Waals surface area contributed by atoms with Crippen LogP contribution in [-0.4, -0.2) is 28.1 Å². The third kappa shape index (κ3) is 3.67. The molecule has 0 fully saturated rings.